The van der Waals surface area contributed by atoms with Crippen molar-refractivity contribution < 1.29 is 4.74 Å². The molecule has 4 nitrogen and oxygen atoms in total. The molecule has 2 aromatic carbocycles. The Morgan fingerprint density at radius 3 is 2.57 bits per heavy atom. The van der Waals surface area contributed by atoms with E-state index in [0.29, 0.717) is 5.69 Å². The van der Waals surface area contributed by atoms with Gasteiger partial charge in [0.1, 0.15) is 11.8 Å². The van der Waals surface area contributed by atoms with Crippen LogP contribution < -0.4 is 4.74 Å². The minimum Gasteiger partial charge on any atom is -0.497 e. The van der Waals surface area contributed by atoms with Gasteiger partial charge in [0.15, 0.2) is 5.69 Å². The average Bonchev–Trinajstić information content (AvgIpc) is 3.02. The maximum Gasteiger partial charge on any atom is 0.163 e. The highest BCUT2D eigenvalue weighted by Gasteiger charge is 2.12. The van der Waals surface area contributed by atoms with Gasteiger partial charge in [0, 0.05) is 17.7 Å². The molecular formula is C19H17N3O. The van der Waals surface area contributed by atoms with Crippen molar-refractivity contribution in [3.8, 4) is 28.8 Å². The van der Waals surface area contributed by atoms with Crippen LogP contribution in [0.15, 0.2) is 48.5 Å². The first-order valence-electron chi connectivity index (χ1n) is 7.34. The molecule has 3 aromatic rings. The first-order chi connectivity index (χ1) is 11.1. The Morgan fingerprint density at radius 2 is 1.87 bits per heavy atom. The lowest BCUT2D eigenvalue weighted by molar-refractivity contribution is 0.414. The van der Waals surface area contributed by atoms with E-state index in [2.05, 4.69) is 43.2 Å². The molecule has 0 saturated heterocycles. The van der Waals surface area contributed by atoms with Gasteiger partial charge in [-0.05, 0) is 43.2 Å². The molecule has 0 radical (unpaired) electrons. The van der Waals surface area contributed by atoms with Crippen LogP contribution in [0.5, 0.6) is 5.75 Å². The van der Waals surface area contributed by atoms with Gasteiger partial charge in [-0.25, -0.2) is 4.68 Å². The van der Waals surface area contributed by atoms with Gasteiger partial charge < -0.3 is 4.74 Å². The van der Waals surface area contributed by atoms with E-state index in [4.69, 9.17) is 4.74 Å². The number of aromatic nitrogens is 2. The van der Waals surface area contributed by atoms with Gasteiger partial charge >= 0.3 is 0 Å². The Hall–Kier alpha value is -3.06. The zero-order valence-corrected chi connectivity index (χ0v) is 13.4. The van der Waals surface area contributed by atoms with Gasteiger partial charge in [-0.15, -0.1) is 0 Å². The summed E-state index contributed by atoms with van der Waals surface area (Å²) in [5.74, 6) is 0.752. The molecule has 0 unspecified atom stereocenters. The Labute approximate surface area is 135 Å². The largest absolute Gasteiger partial charge is 0.497 e. The number of aryl methyl sites for hydroxylation is 2. The van der Waals surface area contributed by atoms with E-state index in [1.165, 1.54) is 11.1 Å². The van der Waals surface area contributed by atoms with Crippen LogP contribution in [-0.2, 0) is 0 Å². The highest BCUT2D eigenvalue weighted by molar-refractivity contribution is 5.65. The monoisotopic (exact) mass is 303 g/mol. The molecule has 0 atom stereocenters. The molecule has 1 aromatic heterocycles. The van der Waals surface area contributed by atoms with Gasteiger partial charge in [-0.3, -0.25) is 0 Å². The third kappa shape index (κ3) is 2.82. The lowest BCUT2D eigenvalue weighted by atomic mass is 10.0. The number of rotatable bonds is 3. The Morgan fingerprint density at radius 1 is 1.04 bits per heavy atom. The standard InChI is InChI=1S/C19H17N3O/c1-13-7-8-15(9-14(13)2)19-10-16(12-20)21-22(19)17-5-4-6-18(11-17)23-3/h4-11H,1-3H3. The fourth-order valence-corrected chi connectivity index (χ4v) is 2.48. The lowest BCUT2D eigenvalue weighted by Crippen LogP contribution is -2.00. The second kappa shape index (κ2) is 5.98. The predicted molar refractivity (Wildman–Crippen MR) is 89.7 cm³/mol. The van der Waals surface area contributed by atoms with Crippen molar-refractivity contribution >= 4 is 0 Å². The summed E-state index contributed by atoms with van der Waals surface area (Å²) in [5.41, 5.74) is 5.61. The van der Waals surface area contributed by atoms with Crippen molar-refractivity contribution in [3.05, 3.63) is 65.4 Å². The van der Waals surface area contributed by atoms with E-state index < -0.39 is 0 Å². The predicted octanol–water partition coefficient (Wildman–Crippen LogP) is 4.04. The first kappa shape index (κ1) is 14.9. The molecule has 0 aliphatic heterocycles. The summed E-state index contributed by atoms with van der Waals surface area (Å²) in [6.45, 7) is 4.16. The van der Waals surface area contributed by atoms with Crippen molar-refractivity contribution in [1.82, 2.24) is 9.78 Å². The summed E-state index contributed by atoms with van der Waals surface area (Å²) in [6, 6.07) is 17.8. The second-order valence-electron chi connectivity index (χ2n) is 5.44. The number of nitriles is 1. The van der Waals surface area contributed by atoms with E-state index in [-0.39, 0.29) is 0 Å². The summed E-state index contributed by atoms with van der Waals surface area (Å²) < 4.78 is 7.07. The molecule has 114 valence electrons. The molecule has 0 aliphatic rings. The van der Waals surface area contributed by atoms with Gasteiger partial charge in [0.2, 0.25) is 0 Å². The molecular weight excluding hydrogens is 286 g/mol. The third-order valence-corrected chi connectivity index (χ3v) is 3.92. The smallest absolute Gasteiger partial charge is 0.163 e. The summed E-state index contributed by atoms with van der Waals surface area (Å²) >= 11 is 0. The van der Waals surface area contributed by atoms with Gasteiger partial charge in [0.05, 0.1) is 18.5 Å². The van der Waals surface area contributed by atoms with Crippen molar-refractivity contribution in [1.29, 1.82) is 5.26 Å². The summed E-state index contributed by atoms with van der Waals surface area (Å²) in [7, 11) is 1.63. The number of ether oxygens (including phenoxy) is 1. The van der Waals surface area contributed by atoms with Crippen LogP contribution in [0.4, 0.5) is 0 Å². The fourth-order valence-electron chi connectivity index (χ4n) is 2.48. The molecule has 1 heterocycles. The molecule has 3 rings (SSSR count). The minimum atomic E-state index is 0.390. The molecule has 0 spiro atoms. The van der Waals surface area contributed by atoms with Crippen molar-refractivity contribution in [2.75, 3.05) is 7.11 Å². The molecule has 0 aliphatic carbocycles. The quantitative estimate of drug-likeness (QED) is 0.734. The van der Waals surface area contributed by atoms with E-state index in [9.17, 15) is 5.26 Å². The summed E-state index contributed by atoms with van der Waals surface area (Å²) in [5, 5.41) is 13.6. The molecule has 0 bridgehead atoms. The zero-order valence-electron chi connectivity index (χ0n) is 13.4. The van der Waals surface area contributed by atoms with Gasteiger partial charge in [-0.2, -0.15) is 10.4 Å². The molecule has 0 saturated carbocycles. The Kier molecular flexibility index (Phi) is 3.86. The number of methoxy groups -OCH3 is 1. The second-order valence-corrected chi connectivity index (χ2v) is 5.44. The molecule has 0 N–H and O–H groups in total. The summed E-state index contributed by atoms with van der Waals surface area (Å²) in [4.78, 5) is 0. The van der Waals surface area contributed by atoms with Gasteiger partial charge in [0.25, 0.3) is 0 Å². The normalized spacial score (nSPS) is 10.3. The van der Waals surface area contributed by atoms with E-state index >= 15 is 0 Å². The first-order valence-corrected chi connectivity index (χ1v) is 7.34. The van der Waals surface area contributed by atoms with Crippen LogP contribution >= 0.6 is 0 Å². The van der Waals surface area contributed by atoms with Gasteiger partial charge in [-0.1, -0.05) is 18.2 Å². The number of benzene rings is 2. The van der Waals surface area contributed by atoms with Crippen LogP contribution in [0.1, 0.15) is 16.8 Å². The molecule has 0 fully saturated rings. The Balaban J connectivity index is 2.19. The van der Waals surface area contributed by atoms with E-state index in [1.54, 1.807) is 11.8 Å². The SMILES string of the molecule is COc1cccc(-n2nc(C#N)cc2-c2ccc(C)c(C)c2)c1. The number of hydrogen-bond acceptors (Lipinski definition) is 3. The summed E-state index contributed by atoms with van der Waals surface area (Å²) in [6.07, 6.45) is 0. The van der Waals surface area contributed by atoms with Crippen LogP contribution in [0.2, 0.25) is 0 Å². The fraction of sp³-hybridized carbons (Fsp3) is 0.158. The average molecular weight is 303 g/mol. The highest BCUT2D eigenvalue weighted by Crippen LogP contribution is 2.27. The zero-order chi connectivity index (χ0) is 16.4. The van der Waals surface area contributed by atoms with Crippen LogP contribution in [0.3, 0.4) is 0 Å². The van der Waals surface area contributed by atoms with Crippen LogP contribution in [0.25, 0.3) is 16.9 Å². The molecule has 0 amide bonds. The minimum absolute atomic E-state index is 0.390. The van der Waals surface area contributed by atoms with E-state index in [0.717, 1.165) is 22.7 Å². The molecule has 4 heteroatoms. The maximum atomic E-state index is 9.22. The number of nitrogens with zero attached hydrogens (tertiary/aromatic N) is 3. The van der Waals surface area contributed by atoms with Crippen LogP contribution in [0, 0.1) is 25.2 Å². The topological polar surface area (TPSA) is 50.8 Å². The Bertz CT molecular complexity index is 903. The number of hydrogen-bond donors (Lipinski definition) is 0. The van der Waals surface area contributed by atoms with Crippen LogP contribution in [-0.4, -0.2) is 16.9 Å². The lowest BCUT2D eigenvalue weighted by Gasteiger charge is -2.10. The highest BCUT2D eigenvalue weighted by atomic mass is 16.5. The van der Waals surface area contributed by atoms with Crippen molar-refractivity contribution in [2.24, 2.45) is 0 Å². The van der Waals surface area contributed by atoms with Crippen molar-refractivity contribution in [2.45, 2.75) is 13.8 Å². The third-order valence-electron chi connectivity index (χ3n) is 3.92. The van der Waals surface area contributed by atoms with E-state index in [1.807, 2.05) is 30.3 Å². The van der Waals surface area contributed by atoms with Crippen molar-refractivity contribution in [3.63, 3.8) is 0 Å². The molecule has 23 heavy (non-hydrogen) atoms. The maximum absolute atomic E-state index is 9.22.